The van der Waals surface area contributed by atoms with Crippen molar-refractivity contribution < 1.29 is 29.4 Å². The van der Waals surface area contributed by atoms with Crippen molar-refractivity contribution >= 4 is 42.3 Å². The molecule has 0 saturated heterocycles. The van der Waals surface area contributed by atoms with Gasteiger partial charge in [-0.3, -0.25) is 19.4 Å². The summed E-state index contributed by atoms with van der Waals surface area (Å²) >= 11 is 4.01. The lowest BCUT2D eigenvalue weighted by molar-refractivity contribution is -0.142. The Bertz CT molecular complexity index is 657. The second-order valence-electron chi connectivity index (χ2n) is 7.11. The van der Waals surface area contributed by atoms with Crippen molar-refractivity contribution in [2.45, 2.75) is 50.9 Å². The molecule has 0 aliphatic carbocycles. The highest BCUT2D eigenvalue weighted by Gasteiger charge is 2.31. The Balaban J connectivity index is 5.11. The SMILES string of the molecule is CC(C)C(NC(=O)C(CS)NC(=O)C(N)CO)C(=O)NC(CCCN=C(N)N)C(=O)O. The van der Waals surface area contributed by atoms with Crippen LogP contribution in [-0.2, 0) is 19.2 Å². The molecule has 0 aromatic heterocycles. The van der Waals surface area contributed by atoms with Crippen molar-refractivity contribution in [2.24, 2.45) is 28.1 Å². The third-order valence-corrected chi connectivity index (χ3v) is 4.52. The summed E-state index contributed by atoms with van der Waals surface area (Å²) < 4.78 is 0. The number of hydrogen-bond acceptors (Lipinski definition) is 8. The zero-order valence-corrected chi connectivity index (χ0v) is 18.5. The molecule has 14 heteroatoms. The number of nitrogens with one attached hydrogen (secondary N) is 3. The zero-order valence-electron chi connectivity index (χ0n) is 17.6. The van der Waals surface area contributed by atoms with Crippen LogP contribution in [0.25, 0.3) is 0 Å². The van der Waals surface area contributed by atoms with Gasteiger partial charge in [-0.05, 0) is 18.8 Å². The van der Waals surface area contributed by atoms with E-state index in [1.54, 1.807) is 13.8 Å². The van der Waals surface area contributed by atoms with Crippen molar-refractivity contribution in [1.29, 1.82) is 0 Å². The number of thiol groups is 1. The molecule has 31 heavy (non-hydrogen) atoms. The molecule has 0 rings (SSSR count). The summed E-state index contributed by atoms with van der Waals surface area (Å²) in [5.74, 6) is -4.01. The number of aliphatic hydroxyl groups excluding tert-OH is 1. The first-order chi connectivity index (χ1) is 14.4. The number of guanidine groups is 1. The molecule has 0 spiro atoms. The molecule has 0 bridgehead atoms. The van der Waals surface area contributed by atoms with Gasteiger partial charge in [-0.1, -0.05) is 13.8 Å². The van der Waals surface area contributed by atoms with Crippen LogP contribution in [0.3, 0.4) is 0 Å². The van der Waals surface area contributed by atoms with Crippen molar-refractivity contribution in [3.05, 3.63) is 0 Å². The zero-order chi connectivity index (χ0) is 24.1. The van der Waals surface area contributed by atoms with E-state index in [1.165, 1.54) is 0 Å². The molecule has 178 valence electrons. The molecular formula is C17H33N7O6S. The fraction of sp³-hybridized carbons (Fsp3) is 0.706. The summed E-state index contributed by atoms with van der Waals surface area (Å²) in [6.07, 6.45) is 0.387. The van der Waals surface area contributed by atoms with Gasteiger partial charge >= 0.3 is 5.97 Å². The molecule has 4 atom stereocenters. The highest BCUT2D eigenvalue weighted by Crippen LogP contribution is 2.06. The first kappa shape index (κ1) is 28.4. The molecule has 0 aliphatic rings. The predicted molar refractivity (Wildman–Crippen MR) is 117 cm³/mol. The Labute approximate surface area is 186 Å². The quantitative estimate of drug-likeness (QED) is 0.0536. The summed E-state index contributed by atoms with van der Waals surface area (Å²) in [5, 5.41) is 25.5. The monoisotopic (exact) mass is 463 g/mol. The molecule has 3 amide bonds. The lowest BCUT2D eigenvalue weighted by Gasteiger charge is -2.26. The third-order valence-electron chi connectivity index (χ3n) is 4.16. The van der Waals surface area contributed by atoms with Gasteiger partial charge in [0.2, 0.25) is 17.7 Å². The number of carboxylic acid groups (broad SMARTS) is 1. The molecule has 0 aliphatic heterocycles. The molecule has 0 fully saturated rings. The first-order valence-electron chi connectivity index (χ1n) is 9.61. The second-order valence-corrected chi connectivity index (χ2v) is 7.48. The predicted octanol–water partition coefficient (Wildman–Crippen LogP) is -3.52. The Morgan fingerprint density at radius 3 is 2.03 bits per heavy atom. The Morgan fingerprint density at radius 2 is 1.58 bits per heavy atom. The molecule has 0 aromatic rings. The Morgan fingerprint density at radius 1 is 1.00 bits per heavy atom. The van der Waals surface area contributed by atoms with Gasteiger partial charge in [-0.15, -0.1) is 0 Å². The first-order valence-corrected chi connectivity index (χ1v) is 10.2. The lowest BCUT2D eigenvalue weighted by Crippen LogP contribution is -2.59. The minimum atomic E-state index is -1.25. The number of carboxylic acids is 1. The maximum absolute atomic E-state index is 12.6. The van der Waals surface area contributed by atoms with Crippen LogP contribution in [0.1, 0.15) is 26.7 Å². The van der Waals surface area contributed by atoms with E-state index >= 15 is 0 Å². The number of nitrogens with two attached hydrogens (primary N) is 3. The number of carbonyl (C=O) groups excluding carboxylic acids is 3. The van der Waals surface area contributed by atoms with E-state index in [1.807, 2.05) is 0 Å². The summed E-state index contributed by atoms with van der Waals surface area (Å²) in [7, 11) is 0. The number of carbonyl (C=O) groups is 4. The van der Waals surface area contributed by atoms with Crippen LogP contribution >= 0.6 is 12.6 Å². The fourth-order valence-corrected chi connectivity index (χ4v) is 2.62. The van der Waals surface area contributed by atoms with Gasteiger partial charge in [-0.2, -0.15) is 12.6 Å². The minimum absolute atomic E-state index is 0.0744. The largest absolute Gasteiger partial charge is 0.480 e. The standard InChI is InChI=1S/C17H33N7O6S/c1-8(2)12(24-14(27)11(7-31)23-13(26)9(18)6-25)15(28)22-10(16(29)30)4-3-5-21-17(19)20/h8-12,25,31H,3-7,18H2,1-2H3,(H,22,28)(H,23,26)(H,24,27)(H,29,30)(H4,19,20,21). The van der Waals surface area contributed by atoms with Crippen LogP contribution in [0, 0.1) is 5.92 Å². The molecule has 4 unspecified atom stereocenters. The highest BCUT2D eigenvalue weighted by molar-refractivity contribution is 7.80. The fourth-order valence-electron chi connectivity index (χ4n) is 2.37. The highest BCUT2D eigenvalue weighted by atomic mass is 32.1. The van der Waals surface area contributed by atoms with Gasteiger partial charge < -0.3 is 43.4 Å². The van der Waals surface area contributed by atoms with Crippen molar-refractivity contribution in [2.75, 3.05) is 18.9 Å². The topological polar surface area (TPSA) is 235 Å². The van der Waals surface area contributed by atoms with Crippen molar-refractivity contribution in [3.63, 3.8) is 0 Å². The number of nitrogens with zero attached hydrogens (tertiary/aromatic N) is 1. The van der Waals surface area contributed by atoms with E-state index in [9.17, 15) is 24.3 Å². The van der Waals surface area contributed by atoms with Gasteiger partial charge in [0.15, 0.2) is 5.96 Å². The Kier molecular flexibility index (Phi) is 13.2. The molecule has 0 aromatic carbocycles. The summed E-state index contributed by atoms with van der Waals surface area (Å²) in [4.78, 5) is 52.2. The lowest BCUT2D eigenvalue weighted by atomic mass is 10.0. The van der Waals surface area contributed by atoms with E-state index in [4.69, 9.17) is 22.3 Å². The maximum atomic E-state index is 12.6. The van der Waals surface area contributed by atoms with Gasteiger partial charge in [0, 0.05) is 12.3 Å². The van der Waals surface area contributed by atoms with E-state index in [0.717, 1.165) is 0 Å². The second kappa shape index (κ2) is 14.4. The van der Waals surface area contributed by atoms with Gasteiger partial charge in [0.25, 0.3) is 0 Å². The van der Waals surface area contributed by atoms with Crippen LogP contribution in [-0.4, -0.2) is 82.9 Å². The average molecular weight is 464 g/mol. The third kappa shape index (κ3) is 10.8. The number of aliphatic hydroxyl groups is 1. The smallest absolute Gasteiger partial charge is 0.326 e. The molecular weight excluding hydrogens is 430 g/mol. The maximum Gasteiger partial charge on any atom is 0.326 e. The van der Waals surface area contributed by atoms with Crippen LogP contribution in [0.15, 0.2) is 4.99 Å². The van der Waals surface area contributed by atoms with E-state index in [2.05, 4.69) is 33.6 Å². The molecule has 0 heterocycles. The van der Waals surface area contributed by atoms with Gasteiger partial charge in [0.05, 0.1) is 6.61 Å². The summed E-state index contributed by atoms with van der Waals surface area (Å²) in [6.45, 7) is 2.92. The number of aliphatic carboxylic acids is 1. The molecule has 0 saturated carbocycles. The van der Waals surface area contributed by atoms with Gasteiger partial charge in [0.1, 0.15) is 24.2 Å². The molecule has 0 radical (unpaired) electrons. The number of rotatable bonds is 14. The van der Waals surface area contributed by atoms with Crippen molar-refractivity contribution in [3.8, 4) is 0 Å². The summed E-state index contributed by atoms with van der Waals surface area (Å²) in [5.41, 5.74) is 15.8. The molecule has 13 nitrogen and oxygen atoms in total. The van der Waals surface area contributed by atoms with Gasteiger partial charge in [-0.25, -0.2) is 4.79 Å². The normalized spacial score (nSPS) is 14.6. The number of aliphatic imine (C=N–C) groups is 1. The Hall–Kier alpha value is -2.58. The minimum Gasteiger partial charge on any atom is -0.480 e. The summed E-state index contributed by atoms with van der Waals surface area (Å²) in [6, 6.07) is -4.60. The number of amides is 3. The van der Waals surface area contributed by atoms with Crippen molar-refractivity contribution in [1.82, 2.24) is 16.0 Å². The average Bonchev–Trinajstić information content (AvgIpc) is 2.70. The van der Waals surface area contributed by atoms with Crippen LogP contribution in [0.5, 0.6) is 0 Å². The van der Waals surface area contributed by atoms with Crippen LogP contribution in [0.4, 0.5) is 0 Å². The van der Waals surface area contributed by atoms with Crippen LogP contribution < -0.4 is 33.2 Å². The molecule has 11 N–H and O–H groups in total. The van der Waals surface area contributed by atoms with E-state index < -0.39 is 60.4 Å². The van der Waals surface area contributed by atoms with Crippen LogP contribution in [0.2, 0.25) is 0 Å². The number of hydrogen-bond donors (Lipinski definition) is 9. The van der Waals surface area contributed by atoms with E-state index in [0.29, 0.717) is 6.42 Å². The van der Waals surface area contributed by atoms with E-state index in [-0.39, 0.29) is 24.7 Å².